The summed E-state index contributed by atoms with van der Waals surface area (Å²) < 4.78 is 0. The molecule has 1 fully saturated rings. The first-order valence-corrected chi connectivity index (χ1v) is 11.0. The zero-order chi connectivity index (χ0) is 21.9. The minimum absolute atomic E-state index is 0.0427. The van der Waals surface area contributed by atoms with Crippen LogP contribution in [0.25, 0.3) is 22.3 Å². The van der Waals surface area contributed by atoms with Gasteiger partial charge in [0.1, 0.15) is 0 Å². The molecule has 0 bridgehead atoms. The zero-order valence-electron chi connectivity index (χ0n) is 18.1. The number of rotatable bonds is 5. The van der Waals surface area contributed by atoms with Gasteiger partial charge < -0.3 is 4.90 Å². The topological polar surface area (TPSA) is 32.3 Å². The predicted molar refractivity (Wildman–Crippen MR) is 130 cm³/mol. The highest BCUT2D eigenvalue weighted by Crippen LogP contribution is 2.34. The van der Waals surface area contributed by atoms with Crippen molar-refractivity contribution in [3.8, 4) is 22.3 Å². The Morgan fingerprint density at radius 1 is 0.656 bits per heavy atom. The number of carbonyl (C=O) groups excluding carboxylic acids is 1. The molecule has 5 rings (SSSR count). The summed E-state index contributed by atoms with van der Waals surface area (Å²) >= 11 is 0. The number of hydrogen-bond donors (Lipinski definition) is 1. The van der Waals surface area contributed by atoms with Crippen molar-refractivity contribution in [3.63, 3.8) is 0 Å². The molecule has 32 heavy (non-hydrogen) atoms. The maximum absolute atomic E-state index is 12.3. The third kappa shape index (κ3) is 3.95. The molecule has 1 N–H and O–H groups in total. The number of carbonyl (C=O) groups is 1. The van der Waals surface area contributed by atoms with Gasteiger partial charge in [0, 0.05) is 13.0 Å². The lowest BCUT2D eigenvalue weighted by Crippen LogP contribution is -2.40. The fourth-order valence-corrected chi connectivity index (χ4v) is 4.53. The highest BCUT2D eigenvalue weighted by Gasteiger charge is 2.35. The van der Waals surface area contributed by atoms with Gasteiger partial charge in [0.15, 0.2) is 0 Å². The average Bonchev–Trinajstić information content (AvgIpc) is 3.19. The van der Waals surface area contributed by atoms with E-state index in [1.807, 2.05) is 24.1 Å². The first kappa shape index (κ1) is 20.2. The normalized spacial score (nSPS) is 16.0. The average molecular weight is 419 g/mol. The maximum atomic E-state index is 12.3. The molecule has 3 nitrogen and oxygen atoms in total. The van der Waals surface area contributed by atoms with Crippen LogP contribution < -0.4 is 5.32 Å². The van der Waals surface area contributed by atoms with Crippen LogP contribution in [0.3, 0.4) is 0 Å². The largest absolute Gasteiger partial charge is 0.328 e. The van der Waals surface area contributed by atoms with Crippen molar-refractivity contribution in [2.45, 2.75) is 12.1 Å². The Kier molecular flexibility index (Phi) is 5.57. The van der Waals surface area contributed by atoms with Gasteiger partial charge in [0.2, 0.25) is 5.91 Å². The van der Waals surface area contributed by atoms with E-state index in [1.165, 1.54) is 33.4 Å². The van der Waals surface area contributed by atoms with Crippen molar-refractivity contribution in [3.05, 3.63) is 120 Å². The van der Waals surface area contributed by atoms with Crippen LogP contribution in [0.1, 0.15) is 17.0 Å². The number of nitrogens with zero attached hydrogens (tertiary/aromatic N) is 1. The van der Waals surface area contributed by atoms with E-state index in [2.05, 4.69) is 102 Å². The van der Waals surface area contributed by atoms with Crippen LogP contribution in [0.2, 0.25) is 0 Å². The second kappa shape index (κ2) is 8.81. The van der Waals surface area contributed by atoms with Gasteiger partial charge in [-0.3, -0.25) is 10.1 Å². The number of benzene rings is 4. The molecular formula is C29H26N2O. The zero-order valence-corrected chi connectivity index (χ0v) is 18.1. The second-order valence-corrected chi connectivity index (χ2v) is 8.28. The van der Waals surface area contributed by atoms with E-state index in [0.717, 1.165) is 0 Å². The van der Waals surface area contributed by atoms with Crippen LogP contribution in [0.5, 0.6) is 0 Å². The molecule has 1 saturated heterocycles. The summed E-state index contributed by atoms with van der Waals surface area (Å²) in [5.41, 5.74) is 7.17. The SMILES string of the molecule is CN1C(=O)CN[C@H]1C(c1ccc(-c2ccccc2)cc1)c1ccc(-c2ccccc2)cc1. The summed E-state index contributed by atoms with van der Waals surface area (Å²) in [5.74, 6) is 0.169. The van der Waals surface area contributed by atoms with Gasteiger partial charge in [-0.2, -0.15) is 0 Å². The molecular weight excluding hydrogens is 392 g/mol. The summed E-state index contributed by atoms with van der Waals surface area (Å²) in [6.07, 6.45) is -0.0762. The minimum Gasteiger partial charge on any atom is -0.328 e. The molecule has 0 radical (unpaired) electrons. The molecule has 0 aromatic heterocycles. The molecule has 1 heterocycles. The Bertz CT molecular complexity index is 1100. The summed E-state index contributed by atoms with van der Waals surface area (Å²) in [6.45, 7) is 0.377. The molecule has 1 aliphatic heterocycles. The van der Waals surface area contributed by atoms with Crippen LogP contribution in [0.15, 0.2) is 109 Å². The van der Waals surface area contributed by atoms with Gasteiger partial charge in [0.25, 0.3) is 0 Å². The van der Waals surface area contributed by atoms with Crippen molar-refractivity contribution < 1.29 is 4.79 Å². The van der Waals surface area contributed by atoms with Crippen molar-refractivity contribution >= 4 is 5.91 Å². The minimum atomic E-state index is -0.0762. The van der Waals surface area contributed by atoms with E-state index in [1.54, 1.807) is 0 Å². The number of nitrogens with one attached hydrogen (secondary N) is 1. The summed E-state index contributed by atoms with van der Waals surface area (Å²) in [4.78, 5) is 14.1. The van der Waals surface area contributed by atoms with E-state index in [4.69, 9.17) is 0 Å². The van der Waals surface area contributed by atoms with Gasteiger partial charge >= 0.3 is 0 Å². The molecule has 1 aliphatic rings. The molecule has 4 aromatic carbocycles. The van der Waals surface area contributed by atoms with Gasteiger partial charge in [-0.15, -0.1) is 0 Å². The third-order valence-electron chi connectivity index (χ3n) is 6.34. The van der Waals surface area contributed by atoms with Crippen LogP contribution in [0, 0.1) is 0 Å². The molecule has 0 unspecified atom stereocenters. The molecule has 4 aromatic rings. The van der Waals surface area contributed by atoms with Crippen molar-refractivity contribution in [2.24, 2.45) is 0 Å². The van der Waals surface area contributed by atoms with Crippen LogP contribution in [-0.4, -0.2) is 30.6 Å². The first-order chi connectivity index (χ1) is 15.7. The molecule has 0 spiro atoms. The lowest BCUT2D eigenvalue weighted by atomic mass is 9.86. The van der Waals surface area contributed by atoms with Gasteiger partial charge in [-0.1, -0.05) is 109 Å². The Morgan fingerprint density at radius 3 is 1.44 bits per heavy atom. The summed E-state index contributed by atoms with van der Waals surface area (Å²) in [7, 11) is 1.89. The number of hydrogen-bond acceptors (Lipinski definition) is 2. The highest BCUT2D eigenvalue weighted by molar-refractivity contribution is 5.80. The Hall–Kier alpha value is -3.69. The maximum Gasteiger partial charge on any atom is 0.237 e. The quantitative estimate of drug-likeness (QED) is 0.461. The Morgan fingerprint density at radius 2 is 1.06 bits per heavy atom. The highest BCUT2D eigenvalue weighted by atomic mass is 16.2. The van der Waals surface area contributed by atoms with E-state index in [9.17, 15) is 4.79 Å². The van der Waals surface area contributed by atoms with Gasteiger partial charge in [0.05, 0.1) is 12.7 Å². The van der Waals surface area contributed by atoms with Crippen molar-refractivity contribution in [1.29, 1.82) is 0 Å². The molecule has 1 amide bonds. The number of likely N-dealkylation sites (N-methyl/N-ethyl adjacent to an activating group) is 1. The standard InChI is InChI=1S/C29H26N2O/c1-31-27(32)20-30-29(31)28(25-16-12-23(13-17-25)21-8-4-2-5-9-21)26-18-14-24(15-19-26)22-10-6-3-7-11-22/h2-19,28-30H,20H2,1H3/t29-/m1/s1. The molecule has 3 heteroatoms. The molecule has 1 atom stereocenters. The number of amides is 1. The first-order valence-electron chi connectivity index (χ1n) is 11.0. The smallest absolute Gasteiger partial charge is 0.237 e. The second-order valence-electron chi connectivity index (χ2n) is 8.28. The monoisotopic (exact) mass is 418 g/mol. The fraction of sp³-hybridized carbons (Fsp3) is 0.138. The van der Waals surface area contributed by atoms with Gasteiger partial charge in [-0.05, 0) is 33.4 Å². The lowest BCUT2D eigenvalue weighted by molar-refractivity contribution is -0.126. The van der Waals surface area contributed by atoms with E-state index >= 15 is 0 Å². The van der Waals surface area contributed by atoms with E-state index in [0.29, 0.717) is 6.54 Å². The van der Waals surface area contributed by atoms with E-state index < -0.39 is 0 Å². The lowest BCUT2D eigenvalue weighted by Gasteiger charge is -2.30. The Balaban J connectivity index is 1.51. The fourth-order valence-electron chi connectivity index (χ4n) is 4.53. The van der Waals surface area contributed by atoms with E-state index in [-0.39, 0.29) is 18.0 Å². The van der Waals surface area contributed by atoms with Gasteiger partial charge in [-0.25, -0.2) is 0 Å². The van der Waals surface area contributed by atoms with Crippen LogP contribution in [0.4, 0.5) is 0 Å². The van der Waals surface area contributed by atoms with Crippen molar-refractivity contribution in [1.82, 2.24) is 10.2 Å². The van der Waals surface area contributed by atoms with Crippen molar-refractivity contribution in [2.75, 3.05) is 13.6 Å². The third-order valence-corrected chi connectivity index (χ3v) is 6.34. The molecule has 158 valence electrons. The van der Waals surface area contributed by atoms with Crippen LogP contribution in [-0.2, 0) is 4.79 Å². The summed E-state index contributed by atoms with van der Waals surface area (Å²) in [6, 6.07) is 38.3. The van der Waals surface area contributed by atoms with Crippen LogP contribution >= 0.6 is 0 Å². The molecule has 0 aliphatic carbocycles. The Labute approximate surface area is 189 Å². The molecule has 0 saturated carbocycles. The summed E-state index contributed by atoms with van der Waals surface area (Å²) in [5, 5.41) is 3.42. The predicted octanol–water partition coefficient (Wildman–Crippen LogP) is 5.54.